The Balaban J connectivity index is 1.83. The van der Waals surface area contributed by atoms with Crippen molar-refractivity contribution in [2.24, 2.45) is 0 Å². The second-order valence-corrected chi connectivity index (χ2v) is 6.35. The van der Waals surface area contributed by atoms with E-state index >= 15 is 0 Å². The van der Waals surface area contributed by atoms with Crippen LogP contribution in [0.5, 0.6) is 0 Å². The van der Waals surface area contributed by atoms with Gasteiger partial charge in [-0.25, -0.2) is 9.97 Å². The molecular weight excluding hydrogens is 310 g/mol. The van der Waals surface area contributed by atoms with E-state index in [-0.39, 0.29) is 0 Å². The molecular formula is C20H17N5. The van der Waals surface area contributed by atoms with Crippen LogP contribution in [0, 0.1) is 6.92 Å². The van der Waals surface area contributed by atoms with Crippen LogP contribution in [0.25, 0.3) is 33.3 Å². The van der Waals surface area contributed by atoms with Gasteiger partial charge in [0.2, 0.25) is 0 Å². The first-order valence-electron chi connectivity index (χ1n) is 8.46. The number of imidazole rings is 1. The summed E-state index contributed by atoms with van der Waals surface area (Å²) in [6, 6.07) is 10.3. The molecule has 3 heterocycles. The van der Waals surface area contributed by atoms with Crippen molar-refractivity contribution in [3.05, 3.63) is 66.3 Å². The first-order valence-corrected chi connectivity index (χ1v) is 8.46. The van der Waals surface area contributed by atoms with E-state index in [2.05, 4.69) is 45.1 Å². The largest absolute Gasteiger partial charge is 0.278 e. The Morgan fingerprint density at radius 1 is 1.08 bits per heavy atom. The highest BCUT2D eigenvalue weighted by atomic mass is 15.1. The number of aromatic amines is 1. The Labute approximate surface area is 144 Å². The van der Waals surface area contributed by atoms with Crippen LogP contribution in [0.15, 0.2) is 54.8 Å². The second-order valence-electron chi connectivity index (χ2n) is 6.35. The monoisotopic (exact) mass is 327 g/mol. The Hall–Kier alpha value is -3.21. The lowest BCUT2D eigenvalue weighted by molar-refractivity contribution is 1.00. The minimum absolute atomic E-state index is 0.887. The minimum Gasteiger partial charge on any atom is -0.278 e. The van der Waals surface area contributed by atoms with Gasteiger partial charge in [0.15, 0.2) is 5.65 Å². The fourth-order valence-electron chi connectivity index (χ4n) is 3.34. The average molecular weight is 327 g/mol. The van der Waals surface area contributed by atoms with Crippen LogP contribution in [-0.2, 0) is 0 Å². The molecule has 0 saturated heterocycles. The van der Waals surface area contributed by atoms with Crippen LogP contribution in [0.4, 0.5) is 0 Å². The maximum absolute atomic E-state index is 4.88. The van der Waals surface area contributed by atoms with Gasteiger partial charge in [0, 0.05) is 22.3 Å². The van der Waals surface area contributed by atoms with Gasteiger partial charge in [-0.1, -0.05) is 18.2 Å². The highest BCUT2D eigenvalue weighted by Gasteiger charge is 2.17. The SMILES string of the molecule is Cc1ccc2nc(C3=CCCC=C3)n(-c3ccc4[nH]ncc4c3)c2n1. The standard InChI is InChI=1S/C20H17N5/c1-13-7-9-18-20(22-13)25(19(23-18)14-5-3-2-4-6-14)16-8-10-17-15(11-16)12-21-24-17/h3,5-12H,2,4H2,1H3,(H,21,24). The van der Waals surface area contributed by atoms with Gasteiger partial charge in [-0.05, 0) is 50.1 Å². The number of fused-ring (bicyclic) bond motifs is 2. The van der Waals surface area contributed by atoms with Gasteiger partial charge in [0.1, 0.15) is 11.3 Å². The van der Waals surface area contributed by atoms with Gasteiger partial charge in [0.05, 0.1) is 11.7 Å². The van der Waals surface area contributed by atoms with E-state index in [1.54, 1.807) is 0 Å². The Kier molecular flexibility index (Phi) is 3.06. The quantitative estimate of drug-likeness (QED) is 0.596. The van der Waals surface area contributed by atoms with Crippen molar-refractivity contribution >= 4 is 27.6 Å². The molecule has 0 fully saturated rings. The highest BCUT2D eigenvalue weighted by molar-refractivity contribution is 5.85. The minimum atomic E-state index is 0.887. The number of hydrogen-bond donors (Lipinski definition) is 1. The van der Waals surface area contributed by atoms with Crippen molar-refractivity contribution in [3.8, 4) is 5.69 Å². The Morgan fingerprint density at radius 2 is 2.04 bits per heavy atom. The third-order valence-electron chi connectivity index (χ3n) is 4.58. The van der Waals surface area contributed by atoms with Crippen LogP contribution < -0.4 is 0 Å². The maximum atomic E-state index is 4.88. The predicted octanol–water partition coefficient (Wildman–Crippen LogP) is 4.34. The van der Waals surface area contributed by atoms with Crippen molar-refractivity contribution in [3.63, 3.8) is 0 Å². The fourth-order valence-corrected chi connectivity index (χ4v) is 3.34. The van der Waals surface area contributed by atoms with E-state index in [1.807, 2.05) is 31.3 Å². The van der Waals surface area contributed by atoms with E-state index < -0.39 is 0 Å². The molecule has 0 bridgehead atoms. The van der Waals surface area contributed by atoms with Gasteiger partial charge in [-0.3, -0.25) is 9.67 Å². The van der Waals surface area contributed by atoms with Crippen LogP contribution in [0.2, 0.25) is 0 Å². The summed E-state index contributed by atoms with van der Waals surface area (Å²) in [5, 5.41) is 8.20. The number of rotatable bonds is 2. The number of hydrogen-bond acceptors (Lipinski definition) is 3. The smallest absolute Gasteiger partial charge is 0.165 e. The number of benzene rings is 1. The predicted molar refractivity (Wildman–Crippen MR) is 99.6 cm³/mol. The molecule has 0 atom stereocenters. The Bertz CT molecular complexity index is 1160. The first kappa shape index (κ1) is 14.2. The van der Waals surface area contributed by atoms with Crippen molar-refractivity contribution in [1.82, 2.24) is 24.7 Å². The van der Waals surface area contributed by atoms with Gasteiger partial charge >= 0.3 is 0 Å². The third kappa shape index (κ3) is 2.28. The zero-order valence-electron chi connectivity index (χ0n) is 13.9. The summed E-state index contributed by atoms with van der Waals surface area (Å²) >= 11 is 0. The van der Waals surface area contributed by atoms with Crippen LogP contribution in [-0.4, -0.2) is 24.7 Å². The van der Waals surface area contributed by atoms with E-state index in [9.17, 15) is 0 Å². The molecule has 1 aromatic carbocycles. The molecule has 1 aliphatic rings. The van der Waals surface area contributed by atoms with Gasteiger partial charge in [0.25, 0.3) is 0 Å². The average Bonchev–Trinajstić information content (AvgIpc) is 3.25. The van der Waals surface area contributed by atoms with E-state index in [1.165, 1.54) is 0 Å². The maximum Gasteiger partial charge on any atom is 0.165 e. The molecule has 0 aliphatic heterocycles. The number of H-pyrrole nitrogens is 1. The molecule has 4 aromatic rings. The van der Waals surface area contributed by atoms with E-state index in [0.29, 0.717) is 0 Å². The van der Waals surface area contributed by atoms with Gasteiger partial charge in [-0.2, -0.15) is 5.10 Å². The Morgan fingerprint density at radius 3 is 2.92 bits per heavy atom. The van der Waals surface area contributed by atoms with Crippen molar-refractivity contribution in [2.75, 3.05) is 0 Å². The normalized spacial score (nSPS) is 14.4. The number of aryl methyl sites for hydroxylation is 1. The molecule has 25 heavy (non-hydrogen) atoms. The number of nitrogens with one attached hydrogen (secondary N) is 1. The lowest BCUT2D eigenvalue weighted by Gasteiger charge is -2.11. The van der Waals surface area contributed by atoms with Crippen LogP contribution >= 0.6 is 0 Å². The fraction of sp³-hybridized carbons (Fsp3) is 0.150. The van der Waals surface area contributed by atoms with Gasteiger partial charge < -0.3 is 0 Å². The number of pyridine rings is 1. The molecule has 5 rings (SSSR count). The second kappa shape index (κ2) is 5.41. The molecule has 0 unspecified atom stereocenters. The topological polar surface area (TPSA) is 59.4 Å². The molecule has 0 amide bonds. The summed E-state index contributed by atoms with van der Waals surface area (Å²) in [7, 11) is 0. The zero-order chi connectivity index (χ0) is 16.8. The molecule has 1 N–H and O–H groups in total. The van der Waals surface area contributed by atoms with E-state index in [0.717, 1.165) is 57.7 Å². The summed E-state index contributed by atoms with van der Waals surface area (Å²) in [4.78, 5) is 9.64. The van der Waals surface area contributed by atoms with Gasteiger partial charge in [-0.15, -0.1) is 0 Å². The molecule has 0 spiro atoms. The first-order chi connectivity index (χ1) is 12.3. The lowest BCUT2D eigenvalue weighted by Crippen LogP contribution is -2.02. The summed E-state index contributed by atoms with van der Waals surface area (Å²) in [5.74, 6) is 0.937. The van der Waals surface area contributed by atoms with Crippen molar-refractivity contribution < 1.29 is 0 Å². The zero-order valence-corrected chi connectivity index (χ0v) is 13.9. The molecule has 5 heteroatoms. The molecule has 0 saturated carbocycles. The summed E-state index contributed by atoms with van der Waals surface area (Å²) in [5.41, 5.74) is 6.00. The number of aromatic nitrogens is 5. The molecule has 0 radical (unpaired) electrons. The summed E-state index contributed by atoms with van der Waals surface area (Å²) in [6.45, 7) is 2.01. The lowest BCUT2D eigenvalue weighted by atomic mass is 10.1. The third-order valence-corrected chi connectivity index (χ3v) is 4.58. The van der Waals surface area contributed by atoms with Crippen LogP contribution in [0.3, 0.4) is 0 Å². The summed E-state index contributed by atoms with van der Waals surface area (Å²) < 4.78 is 2.15. The molecule has 3 aromatic heterocycles. The van der Waals surface area contributed by atoms with Crippen molar-refractivity contribution in [1.29, 1.82) is 0 Å². The summed E-state index contributed by atoms with van der Waals surface area (Å²) in [6.07, 6.45) is 10.6. The number of allylic oxidation sites excluding steroid dienone is 4. The molecule has 1 aliphatic carbocycles. The molecule has 122 valence electrons. The molecule has 5 nitrogen and oxygen atoms in total. The highest BCUT2D eigenvalue weighted by Crippen LogP contribution is 2.29. The van der Waals surface area contributed by atoms with Crippen molar-refractivity contribution in [2.45, 2.75) is 19.8 Å². The van der Waals surface area contributed by atoms with E-state index in [4.69, 9.17) is 9.97 Å². The van der Waals surface area contributed by atoms with Crippen LogP contribution in [0.1, 0.15) is 24.4 Å². The number of nitrogens with zero attached hydrogens (tertiary/aromatic N) is 4.